The number of carbonyl (C=O) groups excluding carboxylic acids is 1. The number of nitrogens with one attached hydrogen (secondary N) is 1. The maximum atomic E-state index is 15.4. The van der Waals surface area contributed by atoms with Crippen LogP contribution in [0.4, 0.5) is 10.2 Å². The number of amides is 1. The molecule has 1 aromatic carbocycles. The first-order valence-corrected chi connectivity index (χ1v) is 11.8. The molecule has 1 aliphatic rings. The van der Waals surface area contributed by atoms with Crippen LogP contribution in [0.1, 0.15) is 67.5 Å². The molecule has 2 aromatic heterocycles. The van der Waals surface area contributed by atoms with Gasteiger partial charge in [-0.2, -0.15) is 0 Å². The van der Waals surface area contributed by atoms with Gasteiger partial charge in [-0.15, -0.1) is 0 Å². The number of benzene rings is 1. The molecule has 0 saturated heterocycles. The van der Waals surface area contributed by atoms with Crippen LogP contribution in [0.2, 0.25) is 5.02 Å². The summed E-state index contributed by atoms with van der Waals surface area (Å²) in [6.45, 7) is 6.61. The van der Waals surface area contributed by atoms with Crippen molar-refractivity contribution < 1.29 is 24.1 Å². The first kappa shape index (κ1) is 25.2. The highest BCUT2D eigenvalue weighted by Crippen LogP contribution is 2.42. The molecule has 1 fully saturated rings. The Balaban J connectivity index is 1.92. The lowest BCUT2D eigenvalue weighted by Crippen LogP contribution is -2.40. The third kappa shape index (κ3) is 4.41. The van der Waals surface area contributed by atoms with Crippen LogP contribution in [0.15, 0.2) is 18.5 Å². The summed E-state index contributed by atoms with van der Waals surface area (Å²) in [4.78, 5) is 21.9. The van der Waals surface area contributed by atoms with E-state index in [1.807, 2.05) is 0 Å². The molecule has 1 aliphatic carbocycles. The third-order valence-corrected chi connectivity index (χ3v) is 6.54. The van der Waals surface area contributed by atoms with E-state index in [2.05, 4.69) is 15.3 Å². The van der Waals surface area contributed by atoms with Gasteiger partial charge >= 0.3 is 0 Å². The summed E-state index contributed by atoms with van der Waals surface area (Å²) in [5.41, 5.74) is 4.79. The van der Waals surface area contributed by atoms with Gasteiger partial charge in [-0.25, -0.2) is 14.4 Å². The van der Waals surface area contributed by atoms with Crippen molar-refractivity contribution in [1.82, 2.24) is 19.7 Å². The number of hydrogen-bond donors (Lipinski definition) is 4. The molecule has 2 heterocycles. The highest BCUT2D eigenvalue weighted by Gasteiger charge is 2.39. The summed E-state index contributed by atoms with van der Waals surface area (Å²) < 4.78 is 22.9. The summed E-state index contributed by atoms with van der Waals surface area (Å²) in [5.74, 6) is -1.54. The van der Waals surface area contributed by atoms with E-state index in [1.54, 1.807) is 31.4 Å². The second kappa shape index (κ2) is 9.25. The molecule has 0 spiro atoms. The molecule has 0 radical (unpaired) electrons. The van der Waals surface area contributed by atoms with Crippen LogP contribution in [0.3, 0.4) is 0 Å². The van der Waals surface area contributed by atoms with E-state index in [0.29, 0.717) is 24.1 Å². The van der Waals surface area contributed by atoms with Gasteiger partial charge in [0.1, 0.15) is 34.1 Å². The minimum Gasteiger partial charge on any atom is -0.490 e. The number of aliphatic hydroxyl groups is 2. The van der Waals surface area contributed by atoms with Gasteiger partial charge < -0.3 is 26.0 Å². The van der Waals surface area contributed by atoms with E-state index in [9.17, 15) is 15.0 Å². The Bertz CT molecular complexity index is 1290. The van der Waals surface area contributed by atoms with E-state index >= 15 is 4.39 Å². The van der Waals surface area contributed by atoms with Crippen molar-refractivity contribution in [1.29, 1.82) is 0 Å². The summed E-state index contributed by atoms with van der Waals surface area (Å²) in [7, 11) is 0. The molecule has 1 unspecified atom stereocenters. The zero-order valence-corrected chi connectivity index (χ0v) is 20.7. The van der Waals surface area contributed by atoms with Crippen LogP contribution >= 0.6 is 11.6 Å². The second-order valence-corrected chi connectivity index (χ2v) is 9.70. The summed E-state index contributed by atoms with van der Waals surface area (Å²) >= 11 is 6.23. The molecule has 0 aliphatic heterocycles. The minimum absolute atomic E-state index is 0.0528. The minimum atomic E-state index is -1.88. The number of hydrogen-bond acceptors (Lipinski definition) is 7. The highest BCUT2D eigenvalue weighted by molar-refractivity contribution is 6.31. The number of imidazole rings is 1. The molecule has 1 amide bonds. The molecule has 1 saturated carbocycles. The van der Waals surface area contributed by atoms with Gasteiger partial charge in [-0.3, -0.25) is 9.20 Å². The molecule has 188 valence electrons. The largest absolute Gasteiger partial charge is 0.490 e. The van der Waals surface area contributed by atoms with E-state index < -0.39 is 41.1 Å². The number of ether oxygens (including phenoxy) is 1. The summed E-state index contributed by atoms with van der Waals surface area (Å²) in [6, 6.07) is 0.711. The SMILES string of the molecule is Cc1nc(C(C)(O)c2cc(Cl)c(F)c(C(=O)N[C@@H]3CCC[C@H]3O)c2OC(C)C)n2ccnc(N)c12. The van der Waals surface area contributed by atoms with Gasteiger partial charge in [0.25, 0.3) is 5.91 Å². The summed E-state index contributed by atoms with van der Waals surface area (Å²) in [5, 5.41) is 24.3. The number of carbonyl (C=O) groups is 1. The predicted molar refractivity (Wildman–Crippen MR) is 129 cm³/mol. The van der Waals surface area contributed by atoms with Crippen molar-refractivity contribution in [2.75, 3.05) is 5.73 Å². The molecule has 11 heteroatoms. The van der Waals surface area contributed by atoms with Crippen LogP contribution in [-0.2, 0) is 5.60 Å². The van der Waals surface area contributed by atoms with Crippen molar-refractivity contribution in [3.05, 3.63) is 51.9 Å². The lowest BCUT2D eigenvalue weighted by molar-refractivity contribution is 0.0821. The lowest BCUT2D eigenvalue weighted by Gasteiger charge is -2.28. The van der Waals surface area contributed by atoms with Crippen LogP contribution in [-0.4, -0.2) is 48.7 Å². The standard InChI is InChI=1S/C24H29ClFN5O4/c1-11(2)35-20-13(24(4,34)23-29-12(3)19-21(27)28-8-9-31(19)23)10-14(25)18(26)17(20)22(33)30-15-6-5-7-16(15)32/h8-11,15-16,32,34H,5-7H2,1-4H3,(H2,27,28)(H,30,33)/t15-,16-,24?/m1/s1. The molecule has 3 aromatic rings. The summed E-state index contributed by atoms with van der Waals surface area (Å²) in [6.07, 6.45) is 3.72. The van der Waals surface area contributed by atoms with E-state index in [-0.39, 0.29) is 28.0 Å². The Morgan fingerprint density at radius 3 is 2.77 bits per heavy atom. The molecule has 35 heavy (non-hydrogen) atoms. The van der Waals surface area contributed by atoms with E-state index in [1.165, 1.54) is 19.2 Å². The van der Waals surface area contributed by atoms with Gasteiger partial charge in [0.2, 0.25) is 0 Å². The van der Waals surface area contributed by atoms with Crippen molar-refractivity contribution in [2.24, 2.45) is 0 Å². The van der Waals surface area contributed by atoms with Crippen LogP contribution in [0.5, 0.6) is 5.75 Å². The highest BCUT2D eigenvalue weighted by atomic mass is 35.5. The first-order chi connectivity index (χ1) is 16.4. The van der Waals surface area contributed by atoms with Gasteiger partial charge in [-0.1, -0.05) is 11.6 Å². The Labute approximate surface area is 207 Å². The normalized spacial score (nSPS) is 19.8. The molecule has 0 bridgehead atoms. The lowest BCUT2D eigenvalue weighted by atomic mass is 9.91. The number of aliphatic hydroxyl groups excluding tert-OH is 1. The number of nitrogens with zero attached hydrogens (tertiary/aromatic N) is 3. The monoisotopic (exact) mass is 505 g/mol. The number of aryl methyl sites for hydroxylation is 1. The number of nitrogens with two attached hydrogens (primary N) is 1. The van der Waals surface area contributed by atoms with Crippen molar-refractivity contribution >= 4 is 28.8 Å². The Morgan fingerprint density at radius 1 is 1.43 bits per heavy atom. The van der Waals surface area contributed by atoms with Crippen LogP contribution < -0.4 is 15.8 Å². The van der Waals surface area contributed by atoms with E-state index in [0.717, 1.165) is 6.42 Å². The van der Waals surface area contributed by atoms with Crippen molar-refractivity contribution in [3.63, 3.8) is 0 Å². The fourth-order valence-electron chi connectivity index (χ4n) is 4.59. The maximum Gasteiger partial charge on any atom is 0.258 e. The maximum absolute atomic E-state index is 15.4. The number of rotatable bonds is 6. The quantitative estimate of drug-likeness (QED) is 0.404. The average molecular weight is 506 g/mol. The topological polar surface area (TPSA) is 135 Å². The van der Waals surface area contributed by atoms with Crippen LogP contribution in [0.25, 0.3) is 5.52 Å². The molecular formula is C24H29ClFN5O4. The van der Waals surface area contributed by atoms with Gasteiger partial charge in [0, 0.05) is 18.0 Å². The molecule has 5 N–H and O–H groups in total. The fourth-order valence-corrected chi connectivity index (χ4v) is 4.79. The Hall–Kier alpha value is -2.95. The Morgan fingerprint density at radius 2 is 2.14 bits per heavy atom. The number of halogens is 2. The van der Waals surface area contributed by atoms with Crippen molar-refractivity contribution in [2.45, 2.75) is 70.8 Å². The number of anilines is 1. The second-order valence-electron chi connectivity index (χ2n) is 9.29. The third-order valence-electron chi connectivity index (χ3n) is 6.27. The number of nitrogen functional groups attached to an aromatic ring is 1. The molecular weight excluding hydrogens is 477 g/mol. The zero-order valence-electron chi connectivity index (χ0n) is 20.0. The molecule has 9 nitrogen and oxygen atoms in total. The predicted octanol–water partition coefficient (Wildman–Crippen LogP) is 3.10. The first-order valence-electron chi connectivity index (χ1n) is 11.4. The van der Waals surface area contributed by atoms with E-state index in [4.69, 9.17) is 22.1 Å². The van der Waals surface area contributed by atoms with Gasteiger partial charge in [0.05, 0.1) is 29.0 Å². The molecule has 4 rings (SSSR count). The molecule has 3 atom stereocenters. The Kier molecular flexibility index (Phi) is 6.65. The van der Waals surface area contributed by atoms with Crippen molar-refractivity contribution in [3.8, 4) is 5.75 Å². The van der Waals surface area contributed by atoms with Crippen LogP contribution in [0, 0.1) is 12.7 Å². The number of fused-ring (bicyclic) bond motifs is 1. The van der Waals surface area contributed by atoms with Gasteiger partial charge in [-0.05, 0) is 53.0 Å². The average Bonchev–Trinajstić information content (AvgIpc) is 3.34. The smallest absolute Gasteiger partial charge is 0.258 e. The fraction of sp³-hybridized carbons (Fsp3) is 0.458. The van der Waals surface area contributed by atoms with Gasteiger partial charge in [0.15, 0.2) is 5.82 Å². The zero-order chi connectivity index (χ0) is 25.7. The number of aromatic nitrogens is 3.